The Morgan fingerprint density at radius 2 is 1.00 bits per heavy atom. The molecule has 2 heterocycles. The van der Waals surface area contributed by atoms with Crippen molar-refractivity contribution in [2.75, 3.05) is 40.4 Å². The lowest BCUT2D eigenvalue weighted by Crippen LogP contribution is -2.25. The number of carbonyl (C=O) groups excluding carboxylic acids is 2. The summed E-state index contributed by atoms with van der Waals surface area (Å²) in [5.41, 5.74) is 3.33. The van der Waals surface area contributed by atoms with Gasteiger partial charge in [-0.25, -0.2) is 9.36 Å². The lowest BCUT2D eigenvalue weighted by Gasteiger charge is -2.25. The molecule has 0 fully saturated rings. The summed E-state index contributed by atoms with van der Waals surface area (Å²) in [5.74, 6) is 8.83. The van der Waals surface area contributed by atoms with Gasteiger partial charge in [0, 0.05) is 13.1 Å². The fourth-order valence-corrected chi connectivity index (χ4v) is 6.68. The number of hydrogen-bond acceptors (Lipinski definition) is 10. The van der Waals surface area contributed by atoms with Gasteiger partial charge >= 0.3 is 11.9 Å². The number of methoxy groups -OCH3 is 2. The van der Waals surface area contributed by atoms with Crippen LogP contribution in [-0.2, 0) is 32.2 Å². The SMILES string of the molecule is C#CCN(CC#C)Cc1cn(C(CC(CCCC(CC(c2ccccc2)n2cc(CN(CC#C)CC#C)nn2)C(=O)OC)C(=O)OC)c2ccccc2)nn1. The molecule has 0 saturated carbocycles. The summed E-state index contributed by atoms with van der Waals surface area (Å²) in [6, 6.07) is 19.0. The highest BCUT2D eigenvalue weighted by molar-refractivity contribution is 5.73. The molecule has 0 saturated heterocycles. The van der Waals surface area contributed by atoms with E-state index in [0.29, 0.717) is 82.8 Å². The van der Waals surface area contributed by atoms with Crippen molar-refractivity contribution in [3.8, 4) is 49.4 Å². The van der Waals surface area contributed by atoms with Crippen LogP contribution in [0.15, 0.2) is 73.1 Å². The molecule has 55 heavy (non-hydrogen) atoms. The Balaban J connectivity index is 1.54. The van der Waals surface area contributed by atoms with Crippen LogP contribution in [0.3, 0.4) is 0 Å². The van der Waals surface area contributed by atoms with Crippen molar-refractivity contribution in [3.05, 3.63) is 95.6 Å². The van der Waals surface area contributed by atoms with E-state index in [4.69, 9.17) is 35.2 Å². The average molecular weight is 741 g/mol. The van der Waals surface area contributed by atoms with Crippen molar-refractivity contribution >= 4 is 11.9 Å². The van der Waals surface area contributed by atoms with Gasteiger partial charge in [0.2, 0.25) is 0 Å². The van der Waals surface area contributed by atoms with Gasteiger partial charge < -0.3 is 9.47 Å². The first kappa shape index (κ1) is 41.6. The molecule has 0 aliphatic rings. The number of aromatic nitrogens is 6. The molecule has 12 heteroatoms. The predicted molar refractivity (Wildman–Crippen MR) is 209 cm³/mol. The zero-order chi connectivity index (χ0) is 39.4. The number of benzene rings is 2. The number of rotatable bonds is 22. The van der Waals surface area contributed by atoms with Crippen LogP contribution in [0.1, 0.15) is 66.7 Å². The van der Waals surface area contributed by atoms with Gasteiger partial charge in [-0.15, -0.1) is 35.9 Å². The van der Waals surface area contributed by atoms with Gasteiger partial charge in [0.25, 0.3) is 0 Å². The van der Waals surface area contributed by atoms with E-state index in [1.807, 2.05) is 82.9 Å². The monoisotopic (exact) mass is 740 g/mol. The maximum absolute atomic E-state index is 13.3. The highest BCUT2D eigenvalue weighted by atomic mass is 16.5. The molecule has 0 aliphatic heterocycles. The molecule has 284 valence electrons. The van der Waals surface area contributed by atoms with Gasteiger partial charge in [0.1, 0.15) is 0 Å². The van der Waals surface area contributed by atoms with Gasteiger partial charge in [0.15, 0.2) is 0 Å². The van der Waals surface area contributed by atoms with Crippen LogP contribution in [0.4, 0.5) is 0 Å². The standard InChI is InChI=1S/C43H48N8O4/c1-7-24-48(25-8-2)30-38-32-50(46-44-38)40(34-18-13-11-14-19-34)28-36(42(52)54-5)22-17-23-37(43(53)55-6)29-41(35-20-15-12-16-21-35)51-33-39(45-47-51)31-49(26-9-3)27-10-4/h1-4,11-16,18-21,32-33,36-37,40-41H,17,22-31H2,5-6H3. The Kier molecular flexibility index (Phi) is 16.7. The molecule has 2 aromatic heterocycles. The third kappa shape index (κ3) is 12.4. The number of esters is 2. The molecule has 4 aromatic rings. The molecule has 2 aromatic carbocycles. The Morgan fingerprint density at radius 1 is 0.636 bits per heavy atom. The fraction of sp³-hybridized carbons (Fsp3) is 0.395. The molecular formula is C43H48N8O4. The van der Waals surface area contributed by atoms with Crippen LogP contribution in [0, 0.1) is 61.2 Å². The van der Waals surface area contributed by atoms with E-state index in [9.17, 15) is 9.59 Å². The molecule has 4 unspecified atom stereocenters. The Morgan fingerprint density at radius 3 is 1.33 bits per heavy atom. The molecule has 0 spiro atoms. The summed E-state index contributed by atoms with van der Waals surface area (Å²) >= 11 is 0. The topological polar surface area (TPSA) is 121 Å². The molecule has 0 bridgehead atoms. The quantitative estimate of drug-likeness (QED) is 0.0847. The third-order valence-corrected chi connectivity index (χ3v) is 9.34. The zero-order valence-corrected chi connectivity index (χ0v) is 31.5. The Bertz CT molecular complexity index is 1790. The van der Waals surface area contributed by atoms with Crippen LogP contribution in [0.5, 0.6) is 0 Å². The normalized spacial score (nSPS) is 13.1. The van der Waals surface area contributed by atoms with Crippen LogP contribution in [0.2, 0.25) is 0 Å². The number of terminal acetylenes is 4. The van der Waals surface area contributed by atoms with Gasteiger partial charge in [-0.2, -0.15) is 0 Å². The van der Waals surface area contributed by atoms with Crippen molar-refractivity contribution in [3.63, 3.8) is 0 Å². The number of carbonyl (C=O) groups is 2. The lowest BCUT2D eigenvalue weighted by molar-refractivity contribution is -0.146. The lowest BCUT2D eigenvalue weighted by atomic mass is 9.87. The molecule has 0 aliphatic carbocycles. The second-order valence-electron chi connectivity index (χ2n) is 13.2. The van der Waals surface area contributed by atoms with E-state index in [0.717, 1.165) is 11.1 Å². The second-order valence-corrected chi connectivity index (χ2v) is 13.2. The van der Waals surface area contributed by atoms with E-state index in [1.165, 1.54) is 14.2 Å². The van der Waals surface area contributed by atoms with Crippen molar-refractivity contribution < 1.29 is 19.1 Å². The zero-order valence-electron chi connectivity index (χ0n) is 31.5. The van der Waals surface area contributed by atoms with E-state index in [-0.39, 0.29) is 24.0 Å². The first-order valence-corrected chi connectivity index (χ1v) is 18.1. The van der Waals surface area contributed by atoms with Crippen LogP contribution in [-0.4, -0.2) is 92.1 Å². The number of nitrogens with zero attached hydrogens (tertiary/aromatic N) is 8. The maximum Gasteiger partial charge on any atom is 0.308 e. The first-order valence-electron chi connectivity index (χ1n) is 18.1. The highest BCUT2D eigenvalue weighted by Crippen LogP contribution is 2.32. The van der Waals surface area contributed by atoms with Gasteiger partial charge in [-0.3, -0.25) is 19.4 Å². The van der Waals surface area contributed by atoms with E-state index in [2.05, 4.69) is 44.3 Å². The molecule has 12 nitrogen and oxygen atoms in total. The minimum Gasteiger partial charge on any atom is -0.469 e. The van der Waals surface area contributed by atoms with Crippen LogP contribution < -0.4 is 0 Å². The predicted octanol–water partition coefficient (Wildman–Crippen LogP) is 4.41. The van der Waals surface area contributed by atoms with Crippen molar-refractivity contribution in [1.82, 2.24) is 39.8 Å². The van der Waals surface area contributed by atoms with E-state index < -0.39 is 11.8 Å². The summed E-state index contributed by atoms with van der Waals surface area (Å²) in [7, 11) is 2.77. The molecule has 4 rings (SSSR count). The van der Waals surface area contributed by atoms with Gasteiger partial charge in [0.05, 0.1) is 88.1 Å². The van der Waals surface area contributed by atoms with E-state index in [1.54, 1.807) is 9.36 Å². The molecular weight excluding hydrogens is 693 g/mol. The second kappa shape index (κ2) is 22.1. The largest absolute Gasteiger partial charge is 0.469 e. The summed E-state index contributed by atoms with van der Waals surface area (Å²) in [4.78, 5) is 30.5. The van der Waals surface area contributed by atoms with Crippen LogP contribution in [0.25, 0.3) is 0 Å². The maximum atomic E-state index is 13.3. The summed E-state index contributed by atoms with van der Waals surface area (Å²) in [6.45, 7) is 2.37. The summed E-state index contributed by atoms with van der Waals surface area (Å²) < 4.78 is 14.1. The minimum atomic E-state index is -0.503. The highest BCUT2D eigenvalue weighted by Gasteiger charge is 2.30. The van der Waals surface area contributed by atoms with Gasteiger partial charge in [-0.05, 0) is 36.8 Å². The molecule has 0 radical (unpaired) electrons. The Labute approximate surface area is 324 Å². The molecule has 0 N–H and O–H groups in total. The van der Waals surface area contributed by atoms with E-state index >= 15 is 0 Å². The van der Waals surface area contributed by atoms with Crippen LogP contribution >= 0.6 is 0 Å². The Hall–Kier alpha value is -6.18. The fourth-order valence-electron chi connectivity index (χ4n) is 6.68. The molecule has 4 atom stereocenters. The van der Waals surface area contributed by atoms with Crippen molar-refractivity contribution in [2.45, 2.75) is 57.3 Å². The van der Waals surface area contributed by atoms with Gasteiger partial charge in [-0.1, -0.05) is 101 Å². The summed E-state index contributed by atoms with van der Waals surface area (Å²) in [5, 5.41) is 17.7. The van der Waals surface area contributed by atoms with Crippen molar-refractivity contribution in [1.29, 1.82) is 0 Å². The number of ether oxygens (including phenoxy) is 2. The minimum absolute atomic E-state index is 0.321. The molecule has 0 amide bonds. The average Bonchev–Trinajstić information content (AvgIpc) is 3.87. The smallest absolute Gasteiger partial charge is 0.308 e. The third-order valence-electron chi connectivity index (χ3n) is 9.34. The van der Waals surface area contributed by atoms with Crippen molar-refractivity contribution in [2.24, 2.45) is 11.8 Å². The first-order chi connectivity index (χ1) is 26.8. The number of hydrogen-bond donors (Lipinski definition) is 0. The summed E-state index contributed by atoms with van der Waals surface area (Å²) in [6.07, 6.45) is 28.2.